The minimum atomic E-state index is -0.742. The van der Waals surface area contributed by atoms with Gasteiger partial charge in [-0.15, -0.1) is 11.3 Å². The van der Waals surface area contributed by atoms with E-state index in [4.69, 9.17) is 5.73 Å². The Kier molecular flexibility index (Phi) is 6.83. The summed E-state index contributed by atoms with van der Waals surface area (Å²) in [6.07, 6.45) is -0.519. The van der Waals surface area contributed by atoms with Crippen molar-refractivity contribution in [3.8, 4) is 10.4 Å². The monoisotopic (exact) mass is 444 g/mol. The van der Waals surface area contributed by atoms with Crippen molar-refractivity contribution in [2.75, 3.05) is 6.54 Å². The van der Waals surface area contributed by atoms with Crippen molar-refractivity contribution < 1.29 is 14.7 Å². The number of carbonyl (C=O) groups is 2. The molecule has 0 radical (unpaired) electrons. The van der Waals surface area contributed by atoms with Crippen LogP contribution in [0.5, 0.6) is 0 Å². The van der Waals surface area contributed by atoms with E-state index >= 15 is 0 Å². The molecule has 1 saturated heterocycles. The molecule has 1 aliphatic rings. The fourth-order valence-electron chi connectivity index (χ4n) is 3.75. The third-order valence-electron chi connectivity index (χ3n) is 5.84. The lowest BCUT2D eigenvalue weighted by Crippen LogP contribution is -2.55. The Balaban J connectivity index is 1.69. The van der Waals surface area contributed by atoms with Crippen LogP contribution in [-0.2, 0) is 9.59 Å². The Morgan fingerprint density at radius 2 is 1.94 bits per heavy atom. The number of thiazole rings is 1. The number of nitrogens with two attached hydrogens (primary N) is 1. The minimum absolute atomic E-state index is 0.123. The number of nitrogens with zero attached hydrogens (tertiary/aromatic N) is 2. The van der Waals surface area contributed by atoms with Gasteiger partial charge in [0, 0.05) is 13.0 Å². The van der Waals surface area contributed by atoms with Crippen LogP contribution in [0.2, 0.25) is 0 Å². The number of benzene rings is 1. The predicted molar refractivity (Wildman–Crippen MR) is 122 cm³/mol. The zero-order valence-corrected chi connectivity index (χ0v) is 19.6. The van der Waals surface area contributed by atoms with Crippen LogP contribution in [0.15, 0.2) is 29.8 Å². The third kappa shape index (κ3) is 5.14. The van der Waals surface area contributed by atoms with Crippen molar-refractivity contribution in [3.63, 3.8) is 0 Å². The average molecular weight is 445 g/mol. The molecule has 8 heteroatoms. The fraction of sp³-hybridized carbons (Fsp3) is 0.522. The maximum absolute atomic E-state index is 13.0. The van der Waals surface area contributed by atoms with E-state index in [0.717, 1.165) is 21.7 Å². The number of likely N-dealkylation sites (tertiary alicyclic amines) is 1. The topological polar surface area (TPSA) is 109 Å². The predicted octanol–water partition coefficient (Wildman–Crippen LogP) is 2.63. The maximum Gasteiger partial charge on any atom is 0.243 e. The molecule has 1 aliphatic heterocycles. The van der Waals surface area contributed by atoms with Gasteiger partial charge in [0.25, 0.3) is 0 Å². The van der Waals surface area contributed by atoms with E-state index in [1.54, 1.807) is 11.3 Å². The van der Waals surface area contributed by atoms with Crippen molar-refractivity contribution >= 4 is 23.2 Å². The smallest absolute Gasteiger partial charge is 0.243 e. The molecule has 2 amide bonds. The number of carbonyl (C=O) groups excluding carboxylic acids is 2. The van der Waals surface area contributed by atoms with Crippen molar-refractivity contribution in [1.82, 2.24) is 15.2 Å². The van der Waals surface area contributed by atoms with Crippen molar-refractivity contribution in [2.45, 2.75) is 65.3 Å². The average Bonchev–Trinajstić information content (AvgIpc) is 3.31. The Morgan fingerprint density at radius 3 is 2.48 bits per heavy atom. The summed E-state index contributed by atoms with van der Waals surface area (Å²) in [5.74, 6) is -0.581. The van der Waals surface area contributed by atoms with E-state index < -0.39 is 23.6 Å². The first-order valence-corrected chi connectivity index (χ1v) is 11.4. The normalized spacial score (nSPS) is 21.1. The Labute approximate surface area is 187 Å². The largest absolute Gasteiger partial charge is 0.391 e. The lowest BCUT2D eigenvalue weighted by atomic mass is 9.86. The van der Waals surface area contributed by atoms with Crippen molar-refractivity contribution in [1.29, 1.82) is 0 Å². The van der Waals surface area contributed by atoms with Gasteiger partial charge in [0.15, 0.2) is 0 Å². The molecule has 0 saturated carbocycles. The van der Waals surface area contributed by atoms with E-state index in [1.807, 2.05) is 64.4 Å². The van der Waals surface area contributed by atoms with Crippen molar-refractivity contribution in [2.24, 2.45) is 11.1 Å². The number of aliphatic hydroxyl groups is 1. The van der Waals surface area contributed by atoms with Gasteiger partial charge in [0.05, 0.1) is 34.3 Å². The second kappa shape index (κ2) is 9.06. The van der Waals surface area contributed by atoms with Gasteiger partial charge >= 0.3 is 0 Å². The zero-order valence-electron chi connectivity index (χ0n) is 18.8. The number of nitrogens with one attached hydrogen (secondary N) is 1. The number of aliphatic hydroxyl groups excluding tert-OH is 1. The molecule has 0 spiro atoms. The molecule has 7 nitrogen and oxygen atoms in total. The Hall–Kier alpha value is -2.29. The number of hydrogen-bond donors (Lipinski definition) is 3. The molecule has 1 aromatic carbocycles. The Morgan fingerprint density at radius 1 is 1.29 bits per heavy atom. The fourth-order valence-corrected chi connectivity index (χ4v) is 4.56. The zero-order chi connectivity index (χ0) is 22.9. The van der Waals surface area contributed by atoms with Gasteiger partial charge < -0.3 is 21.1 Å². The summed E-state index contributed by atoms with van der Waals surface area (Å²) >= 11 is 1.60. The molecular weight excluding hydrogens is 412 g/mol. The summed E-state index contributed by atoms with van der Waals surface area (Å²) in [6, 6.07) is 6.32. The van der Waals surface area contributed by atoms with Crippen LogP contribution >= 0.6 is 11.3 Å². The molecule has 2 heterocycles. The summed E-state index contributed by atoms with van der Waals surface area (Å²) in [6.45, 7) is 9.67. The molecule has 31 heavy (non-hydrogen) atoms. The molecule has 3 rings (SSSR count). The van der Waals surface area contributed by atoms with Crippen LogP contribution in [0, 0.1) is 12.3 Å². The van der Waals surface area contributed by atoms with Gasteiger partial charge in [-0.05, 0) is 30.4 Å². The molecular formula is C23H32N4O3S. The van der Waals surface area contributed by atoms with Gasteiger partial charge in [-0.2, -0.15) is 0 Å². The van der Waals surface area contributed by atoms with Gasteiger partial charge in [-0.3, -0.25) is 9.59 Å². The van der Waals surface area contributed by atoms with E-state index in [0.29, 0.717) is 0 Å². The van der Waals surface area contributed by atoms with Crippen LogP contribution < -0.4 is 11.1 Å². The van der Waals surface area contributed by atoms with Gasteiger partial charge in [-0.25, -0.2) is 4.98 Å². The highest BCUT2D eigenvalue weighted by Crippen LogP contribution is 2.29. The van der Waals surface area contributed by atoms with E-state index in [2.05, 4.69) is 10.3 Å². The van der Waals surface area contributed by atoms with Crippen LogP contribution in [0.4, 0.5) is 0 Å². The quantitative estimate of drug-likeness (QED) is 0.657. The first kappa shape index (κ1) is 23.4. The highest BCUT2D eigenvalue weighted by molar-refractivity contribution is 7.13. The third-order valence-corrected chi connectivity index (χ3v) is 6.82. The first-order chi connectivity index (χ1) is 14.5. The standard InChI is InChI=1S/C23H32N4O3S/c1-13(15-6-8-16(9-7-15)19-14(2)25-12-31-19)26-21(29)18-10-17(28)11-27(18)22(30)20(24)23(3,4)5/h6-9,12-13,17-18,20,28H,10-11,24H2,1-5H3,(H,26,29)/t13-,17+,18?,20-/m0/s1. The molecule has 0 bridgehead atoms. The molecule has 4 atom stereocenters. The van der Waals surface area contributed by atoms with Crippen LogP contribution in [0.25, 0.3) is 10.4 Å². The number of rotatable bonds is 5. The molecule has 1 fully saturated rings. The second-order valence-electron chi connectivity index (χ2n) is 9.36. The van der Waals surface area contributed by atoms with Crippen molar-refractivity contribution in [3.05, 3.63) is 41.0 Å². The summed E-state index contributed by atoms with van der Waals surface area (Å²) in [5, 5.41) is 13.1. The van der Waals surface area contributed by atoms with Crippen LogP contribution in [0.1, 0.15) is 51.4 Å². The maximum atomic E-state index is 13.0. The number of aryl methyl sites for hydroxylation is 1. The summed E-state index contributed by atoms with van der Waals surface area (Å²) in [4.78, 5) is 32.7. The first-order valence-electron chi connectivity index (χ1n) is 10.5. The summed E-state index contributed by atoms with van der Waals surface area (Å²) in [7, 11) is 0. The van der Waals surface area contributed by atoms with Gasteiger partial charge in [-0.1, -0.05) is 45.0 Å². The molecule has 2 aromatic rings. The number of amides is 2. The summed E-state index contributed by atoms with van der Waals surface area (Å²) in [5.41, 5.74) is 10.6. The van der Waals surface area contributed by atoms with E-state index in [1.165, 1.54) is 4.90 Å². The minimum Gasteiger partial charge on any atom is -0.391 e. The molecule has 1 aromatic heterocycles. The highest BCUT2D eigenvalue weighted by atomic mass is 32.1. The lowest BCUT2D eigenvalue weighted by Gasteiger charge is -2.32. The van der Waals surface area contributed by atoms with Crippen LogP contribution in [-0.4, -0.2) is 51.5 Å². The Bertz CT molecular complexity index is 935. The van der Waals surface area contributed by atoms with Crippen LogP contribution in [0.3, 0.4) is 0 Å². The molecule has 168 valence electrons. The van der Waals surface area contributed by atoms with Gasteiger partial charge in [0.1, 0.15) is 6.04 Å². The number of hydrogen-bond acceptors (Lipinski definition) is 6. The molecule has 1 unspecified atom stereocenters. The molecule has 4 N–H and O–H groups in total. The lowest BCUT2D eigenvalue weighted by molar-refractivity contribution is -0.141. The summed E-state index contributed by atoms with van der Waals surface area (Å²) < 4.78 is 0. The SMILES string of the molecule is Cc1ncsc1-c1ccc([C@H](C)NC(=O)C2C[C@@H](O)CN2C(=O)[C@H](N)C(C)(C)C)cc1. The highest BCUT2D eigenvalue weighted by Gasteiger charge is 2.42. The van der Waals surface area contributed by atoms with Gasteiger partial charge in [0.2, 0.25) is 11.8 Å². The number of aromatic nitrogens is 1. The van der Waals surface area contributed by atoms with E-state index in [9.17, 15) is 14.7 Å². The molecule has 0 aliphatic carbocycles. The second-order valence-corrected chi connectivity index (χ2v) is 10.2. The number of β-amino-alcohol motifs (C(OH)–C–C–N with tert-alkyl or cyclic N) is 1. The van der Waals surface area contributed by atoms with E-state index in [-0.39, 0.29) is 30.8 Å².